The Hall–Kier alpha value is -1.02. The van der Waals surface area contributed by atoms with Crippen molar-refractivity contribution in [2.24, 2.45) is 11.8 Å². The van der Waals surface area contributed by atoms with Crippen molar-refractivity contribution in [1.82, 2.24) is 0 Å². The number of halogens is 1. The van der Waals surface area contributed by atoms with Crippen molar-refractivity contribution >= 4 is 17.4 Å². The third kappa shape index (κ3) is 2.51. The average molecular weight is 279 g/mol. The summed E-state index contributed by atoms with van der Waals surface area (Å²) in [6.45, 7) is 2.89. The van der Waals surface area contributed by atoms with Crippen molar-refractivity contribution in [3.63, 3.8) is 0 Å². The van der Waals surface area contributed by atoms with Crippen LogP contribution in [0, 0.1) is 11.8 Å². The van der Waals surface area contributed by atoms with Crippen LogP contribution in [0.1, 0.15) is 37.3 Å². The van der Waals surface area contributed by atoms with E-state index in [2.05, 4.69) is 6.92 Å². The minimum atomic E-state index is 0.232. The predicted molar refractivity (Wildman–Crippen MR) is 75.9 cm³/mol. The molecule has 0 N–H and O–H groups in total. The van der Waals surface area contributed by atoms with Gasteiger partial charge in [-0.15, -0.1) is 0 Å². The van der Waals surface area contributed by atoms with Crippen molar-refractivity contribution in [1.29, 1.82) is 0 Å². The molecule has 1 aromatic rings. The Kier molecular flexibility index (Phi) is 3.53. The number of rotatable bonds is 3. The quantitative estimate of drug-likeness (QED) is 0.840. The lowest BCUT2D eigenvalue weighted by Gasteiger charge is -2.15. The van der Waals surface area contributed by atoms with E-state index >= 15 is 0 Å². The number of fused-ring (bicyclic) bond motifs is 1. The van der Waals surface area contributed by atoms with Gasteiger partial charge in [-0.3, -0.25) is 4.79 Å². The average Bonchev–Trinajstić information content (AvgIpc) is 2.97. The molecule has 19 heavy (non-hydrogen) atoms. The number of carbonyl (C=O) groups excluding carboxylic acids is 1. The molecule has 3 rings (SSSR count). The minimum absolute atomic E-state index is 0.232. The van der Waals surface area contributed by atoms with Crippen LogP contribution in [0.25, 0.3) is 0 Å². The molecule has 0 amide bonds. The summed E-state index contributed by atoms with van der Waals surface area (Å²) < 4.78 is 5.66. The van der Waals surface area contributed by atoms with Crippen molar-refractivity contribution in [2.75, 3.05) is 6.61 Å². The molecular weight excluding hydrogens is 260 g/mol. The topological polar surface area (TPSA) is 26.3 Å². The van der Waals surface area contributed by atoms with Gasteiger partial charge in [0.2, 0.25) is 0 Å². The summed E-state index contributed by atoms with van der Waals surface area (Å²) in [5.74, 6) is 2.02. The van der Waals surface area contributed by atoms with Gasteiger partial charge in [0.15, 0.2) is 0 Å². The molecule has 1 fully saturated rings. The molecule has 102 valence electrons. The van der Waals surface area contributed by atoms with Crippen LogP contribution in [0.4, 0.5) is 0 Å². The molecule has 1 aliphatic carbocycles. The van der Waals surface area contributed by atoms with Gasteiger partial charge < -0.3 is 4.74 Å². The molecule has 2 unspecified atom stereocenters. The Labute approximate surface area is 119 Å². The molecule has 0 radical (unpaired) electrons. The summed E-state index contributed by atoms with van der Waals surface area (Å²) in [6.07, 6.45) is 4.78. The molecule has 0 bridgehead atoms. The van der Waals surface area contributed by atoms with Crippen LogP contribution in [0.15, 0.2) is 12.1 Å². The minimum Gasteiger partial charge on any atom is -0.493 e. The van der Waals surface area contributed by atoms with Crippen LogP contribution in [0.2, 0.25) is 5.02 Å². The second-order valence-corrected chi connectivity index (χ2v) is 6.25. The van der Waals surface area contributed by atoms with Gasteiger partial charge in [-0.25, -0.2) is 0 Å². The zero-order valence-electron chi connectivity index (χ0n) is 11.2. The number of ether oxygens (including phenoxy) is 1. The highest BCUT2D eigenvalue weighted by molar-refractivity contribution is 6.30. The first-order valence-corrected chi connectivity index (χ1v) is 7.50. The number of carbonyl (C=O) groups is 1. The highest BCUT2D eigenvalue weighted by Gasteiger charge is 2.30. The second-order valence-electron chi connectivity index (χ2n) is 5.81. The molecular formula is C16H19ClO2. The fourth-order valence-corrected chi connectivity index (χ4v) is 3.68. The number of hydrogen-bond donors (Lipinski definition) is 0. The molecule has 0 aromatic heterocycles. The molecule has 2 atom stereocenters. The lowest BCUT2D eigenvalue weighted by Crippen LogP contribution is -2.19. The van der Waals surface area contributed by atoms with E-state index in [1.807, 2.05) is 12.1 Å². The first-order valence-electron chi connectivity index (χ1n) is 7.12. The summed E-state index contributed by atoms with van der Waals surface area (Å²) in [4.78, 5) is 12.4. The fraction of sp³-hybridized carbons (Fsp3) is 0.562. The van der Waals surface area contributed by atoms with E-state index < -0.39 is 0 Å². The van der Waals surface area contributed by atoms with Crippen molar-refractivity contribution in [2.45, 2.75) is 39.0 Å². The number of benzene rings is 1. The molecule has 0 spiro atoms. The van der Waals surface area contributed by atoms with E-state index in [0.29, 0.717) is 29.8 Å². The Morgan fingerprint density at radius 1 is 1.42 bits per heavy atom. The molecule has 2 aliphatic rings. The van der Waals surface area contributed by atoms with Gasteiger partial charge in [-0.2, -0.15) is 0 Å². The maximum atomic E-state index is 12.4. The molecule has 1 heterocycles. The van der Waals surface area contributed by atoms with Gasteiger partial charge in [0.1, 0.15) is 11.5 Å². The largest absolute Gasteiger partial charge is 0.493 e. The summed E-state index contributed by atoms with van der Waals surface area (Å²) in [6, 6.07) is 3.85. The van der Waals surface area contributed by atoms with Crippen molar-refractivity contribution < 1.29 is 9.53 Å². The molecule has 1 saturated carbocycles. The Balaban J connectivity index is 1.82. The van der Waals surface area contributed by atoms with Gasteiger partial charge in [0.05, 0.1) is 6.61 Å². The van der Waals surface area contributed by atoms with Crippen molar-refractivity contribution in [3.8, 4) is 5.75 Å². The predicted octanol–water partition coefficient (Wildman–Crippen LogP) is 3.82. The van der Waals surface area contributed by atoms with Crippen LogP contribution < -0.4 is 4.74 Å². The Morgan fingerprint density at radius 3 is 3.00 bits per heavy atom. The summed E-state index contributed by atoms with van der Waals surface area (Å²) in [7, 11) is 0. The maximum Gasteiger partial charge on any atom is 0.140 e. The van der Waals surface area contributed by atoms with E-state index in [0.717, 1.165) is 29.7 Å². The normalized spacial score (nSPS) is 25.2. The number of ketones is 1. The number of hydrogen-bond acceptors (Lipinski definition) is 2. The SMILES string of the molecule is CC1CCCC1C(=O)Cc1cc(Cl)cc2c1OCC2. The molecule has 1 aromatic carbocycles. The van der Waals surface area contributed by atoms with Gasteiger partial charge in [-0.1, -0.05) is 24.9 Å². The van der Waals surface area contributed by atoms with Crippen LogP contribution in [0.3, 0.4) is 0 Å². The summed E-state index contributed by atoms with van der Waals surface area (Å²) in [5.41, 5.74) is 2.12. The van der Waals surface area contributed by atoms with Crippen LogP contribution in [0.5, 0.6) is 5.75 Å². The van der Waals surface area contributed by atoms with Gasteiger partial charge in [0.25, 0.3) is 0 Å². The molecule has 3 heteroatoms. The van der Waals surface area contributed by atoms with Gasteiger partial charge >= 0.3 is 0 Å². The van der Waals surface area contributed by atoms with Crippen molar-refractivity contribution in [3.05, 3.63) is 28.3 Å². The monoisotopic (exact) mass is 278 g/mol. The van der Waals surface area contributed by atoms with E-state index in [1.165, 1.54) is 12.8 Å². The third-order valence-corrected chi connectivity index (χ3v) is 4.68. The first-order chi connectivity index (χ1) is 9.15. The Morgan fingerprint density at radius 2 is 2.26 bits per heavy atom. The summed E-state index contributed by atoms with van der Waals surface area (Å²) in [5, 5.41) is 0.714. The lowest BCUT2D eigenvalue weighted by molar-refractivity contribution is -0.123. The standard InChI is InChI=1S/C16H19ClO2/c1-10-3-2-4-14(10)15(18)9-12-8-13(17)7-11-5-6-19-16(11)12/h7-8,10,14H,2-6,9H2,1H3. The summed E-state index contributed by atoms with van der Waals surface area (Å²) >= 11 is 6.13. The second kappa shape index (κ2) is 5.16. The first kappa shape index (κ1) is 13.0. The number of Topliss-reactive ketones (excluding diaryl/α,β-unsaturated/α-hetero) is 1. The molecule has 2 nitrogen and oxygen atoms in total. The highest BCUT2D eigenvalue weighted by atomic mass is 35.5. The molecule has 0 saturated heterocycles. The van der Waals surface area contributed by atoms with E-state index in [4.69, 9.17) is 16.3 Å². The van der Waals surface area contributed by atoms with E-state index in [-0.39, 0.29) is 5.92 Å². The lowest BCUT2D eigenvalue weighted by atomic mass is 9.89. The molecule has 1 aliphatic heterocycles. The highest BCUT2D eigenvalue weighted by Crippen LogP contribution is 2.36. The van der Waals surface area contributed by atoms with Crippen LogP contribution >= 0.6 is 11.6 Å². The maximum absolute atomic E-state index is 12.4. The third-order valence-electron chi connectivity index (χ3n) is 4.47. The Bertz CT molecular complexity index is 510. The zero-order chi connectivity index (χ0) is 13.4. The van der Waals surface area contributed by atoms with E-state index in [1.54, 1.807) is 0 Å². The van der Waals surface area contributed by atoms with E-state index in [9.17, 15) is 4.79 Å². The van der Waals surface area contributed by atoms with Crippen LogP contribution in [-0.4, -0.2) is 12.4 Å². The zero-order valence-corrected chi connectivity index (χ0v) is 12.0. The van der Waals surface area contributed by atoms with Crippen LogP contribution in [-0.2, 0) is 17.6 Å². The fourth-order valence-electron chi connectivity index (χ4n) is 3.42. The smallest absolute Gasteiger partial charge is 0.140 e. The van der Waals surface area contributed by atoms with Gasteiger partial charge in [-0.05, 0) is 36.5 Å². The van der Waals surface area contributed by atoms with Gasteiger partial charge in [0, 0.05) is 29.3 Å².